The van der Waals surface area contributed by atoms with Gasteiger partial charge in [-0.2, -0.15) is 0 Å². The van der Waals surface area contributed by atoms with E-state index in [1.807, 2.05) is 31.2 Å². The van der Waals surface area contributed by atoms with Crippen LogP contribution < -0.4 is 10.6 Å². The molecule has 0 fully saturated rings. The van der Waals surface area contributed by atoms with E-state index in [1.165, 1.54) is 0 Å². The summed E-state index contributed by atoms with van der Waals surface area (Å²) in [5.41, 5.74) is 2.97. The van der Waals surface area contributed by atoms with Gasteiger partial charge < -0.3 is 15.4 Å². The number of amides is 2. The first-order valence-electron chi connectivity index (χ1n) is 7.90. The number of nitrogens with one attached hydrogen (secondary N) is 2. The molecule has 0 saturated carbocycles. The van der Waals surface area contributed by atoms with Crippen LogP contribution >= 0.6 is 0 Å². The maximum atomic E-state index is 12.5. The highest BCUT2D eigenvalue weighted by molar-refractivity contribution is 5.95. The summed E-state index contributed by atoms with van der Waals surface area (Å²) >= 11 is 0. The largest absolute Gasteiger partial charge is 0.462 e. The van der Waals surface area contributed by atoms with Crippen molar-refractivity contribution in [3.8, 4) is 0 Å². The second-order valence-electron chi connectivity index (χ2n) is 6.30. The van der Waals surface area contributed by atoms with Crippen molar-refractivity contribution in [2.75, 3.05) is 6.61 Å². The molecule has 2 N–H and O–H groups in total. The number of hydrogen-bond donors (Lipinski definition) is 2. The molecule has 0 bridgehead atoms. The lowest BCUT2D eigenvalue weighted by atomic mass is 9.95. The predicted octanol–water partition coefficient (Wildman–Crippen LogP) is 3.21. The van der Waals surface area contributed by atoms with Crippen LogP contribution in [0.5, 0.6) is 0 Å². The van der Waals surface area contributed by atoms with E-state index in [0.29, 0.717) is 23.8 Å². The number of aryl methyl sites for hydroxylation is 1. The Hall–Kier alpha value is -2.30. The standard InChI is InChI=1S/C18H24N2O3/c1-11(2)9-10-23-17(21)15-13(4)19-18(22)20-16(15)14-7-5-12(3)6-8-14/h5-8,11,16H,9-10H2,1-4H3,(H2,19,20,22). The molecule has 0 aliphatic carbocycles. The van der Waals surface area contributed by atoms with Crippen LogP contribution in [0.25, 0.3) is 0 Å². The monoisotopic (exact) mass is 316 g/mol. The number of rotatable bonds is 5. The zero-order valence-electron chi connectivity index (χ0n) is 14.1. The van der Waals surface area contributed by atoms with Gasteiger partial charge in [0.05, 0.1) is 18.2 Å². The van der Waals surface area contributed by atoms with E-state index >= 15 is 0 Å². The lowest BCUT2D eigenvalue weighted by molar-refractivity contribution is -0.139. The third-order valence-electron chi connectivity index (χ3n) is 3.83. The van der Waals surface area contributed by atoms with Crippen molar-refractivity contribution in [2.45, 2.75) is 40.2 Å². The van der Waals surface area contributed by atoms with Gasteiger partial charge in [0, 0.05) is 5.70 Å². The van der Waals surface area contributed by atoms with E-state index in [1.54, 1.807) is 6.92 Å². The second-order valence-corrected chi connectivity index (χ2v) is 6.30. The first-order valence-corrected chi connectivity index (χ1v) is 7.90. The van der Waals surface area contributed by atoms with Crippen LogP contribution in [0.4, 0.5) is 4.79 Å². The van der Waals surface area contributed by atoms with E-state index in [-0.39, 0.29) is 12.0 Å². The molecule has 0 radical (unpaired) electrons. The molecule has 1 aliphatic heterocycles. The normalized spacial score (nSPS) is 17.8. The van der Waals surface area contributed by atoms with Crippen LogP contribution in [0.1, 0.15) is 44.4 Å². The molecule has 1 heterocycles. The van der Waals surface area contributed by atoms with Gasteiger partial charge in [0.15, 0.2) is 0 Å². The average molecular weight is 316 g/mol. The first-order chi connectivity index (χ1) is 10.9. The van der Waals surface area contributed by atoms with Crippen molar-refractivity contribution in [1.29, 1.82) is 0 Å². The highest BCUT2D eigenvalue weighted by atomic mass is 16.5. The van der Waals surface area contributed by atoms with Crippen molar-refractivity contribution in [3.63, 3.8) is 0 Å². The van der Waals surface area contributed by atoms with Crippen LogP contribution in [0.15, 0.2) is 35.5 Å². The Labute approximate surface area is 137 Å². The maximum Gasteiger partial charge on any atom is 0.338 e. The fraction of sp³-hybridized carbons (Fsp3) is 0.444. The average Bonchev–Trinajstić information content (AvgIpc) is 2.46. The third-order valence-corrected chi connectivity index (χ3v) is 3.83. The van der Waals surface area contributed by atoms with Gasteiger partial charge in [0.25, 0.3) is 0 Å². The lowest BCUT2D eigenvalue weighted by Crippen LogP contribution is -2.45. The maximum absolute atomic E-state index is 12.5. The summed E-state index contributed by atoms with van der Waals surface area (Å²) in [6.45, 7) is 8.25. The summed E-state index contributed by atoms with van der Waals surface area (Å²) in [7, 11) is 0. The molecule has 124 valence electrons. The Morgan fingerprint density at radius 1 is 1.22 bits per heavy atom. The molecular formula is C18H24N2O3. The Balaban J connectivity index is 2.24. The Morgan fingerprint density at radius 3 is 2.48 bits per heavy atom. The molecule has 5 nitrogen and oxygen atoms in total. The number of esters is 1. The molecule has 1 aromatic carbocycles. The molecule has 0 spiro atoms. The molecule has 2 rings (SSSR count). The first kappa shape index (κ1) is 17.1. The summed E-state index contributed by atoms with van der Waals surface area (Å²) in [5.74, 6) is 0.0798. The minimum Gasteiger partial charge on any atom is -0.462 e. The third kappa shape index (κ3) is 4.34. The van der Waals surface area contributed by atoms with E-state index in [9.17, 15) is 9.59 Å². The highest BCUT2D eigenvalue weighted by Crippen LogP contribution is 2.27. The molecular weight excluding hydrogens is 292 g/mol. The Kier molecular flexibility index (Phi) is 5.42. The van der Waals surface area contributed by atoms with Crippen LogP contribution in [-0.2, 0) is 9.53 Å². The zero-order valence-corrected chi connectivity index (χ0v) is 14.1. The van der Waals surface area contributed by atoms with Crippen molar-refractivity contribution >= 4 is 12.0 Å². The number of ether oxygens (including phenoxy) is 1. The second kappa shape index (κ2) is 7.31. The van der Waals surface area contributed by atoms with E-state index in [0.717, 1.165) is 17.5 Å². The number of benzene rings is 1. The van der Waals surface area contributed by atoms with Crippen molar-refractivity contribution in [1.82, 2.24) is 10.6 Å². The van der Waals surface area contributed by atoms with Crippen molar-refractivity contribution in [3.05, 3.63) is 46.7 Å². The molecule has 1 aliphatic rings. The van der Waals surface area contributed by atoms with Gasteiger partial charge in [0.2, 0.25) is 0 Å². The number of carbonyl (C=O) groups is 2. The van der Waals surface area contributed by atoms with E-state index < -0.39 is 6.04 Å². The molecule has 1 aromatic rings. The van der Waals surface area contributed by atoms with Gasteiger partial charge in [-0.3, -0.25) is 0 Å². The van der Waals surface area contributed by atoms with Crippen LogP contribution in [0.3, 0.4) is 0 Å². The predicted molar refractivity (Wildman–Crippen MR) is 88.7 cm³/mol. The molecule has 0 saturated heterocycles. The topological polar surface area (TPSA) is 67.4 Å². The number of allylic oxidation sites excluding steroid dienone is 1. The minimum absolute atomic E-state index is 0.313. The number of urea groups is 1. The van der Waals surface area contributed by atoms with Gasteiger partial charge in [0.1, 0.15) is 0 Å². The minimum atomic E-state index is -0.490. The van der Waals surface area contributed by atoms with Crippen LogP contribution in [0.2, 0.25) is 0 Å². The number of hydrogen-bond acceptors (Lipinski definition) is 3. The summed E-state index contributed by atoms with van der Waals surface area (Å²) in [5, 5.41) is 5.45. The Morgan fingerprint density at radius 2 is 1.87 bits per heavy atom. The summed E-state index contributed by atoms with van der Waals surface area (Å²) in [6, 6.07) is 6.95. The Bertz CT molecular complexity index is 618. The van der Waals surface area contributed by atoms with Crippen molar-refractivity contribution in [2.24, 2.45) is 5.92 Å². The van der Waals surface area contributed by atoms with E-state index in [4.69, 9.17) is 4.74 Å². The molecule has 5 heteroatoms. The fourth-order valence-corrected chi connectivity index (χ4v) is 2.44. The van der Waals surface area contributed by atoms with Gasteiger partial charge in [-0.15, -0.1) is 0 Å². The quantitative estimate of drug-likeness (QED) is 0.820. The SMILES string of the molecule is CC1=C(C(=O)OCCC(C)C)C(c2ccc(C)cc2)NC(=O)N1. The molecule has 23 heavy (non-hydrogen) atoms. The van der Waals surface area contributed by atoms with Crippen LogP contribution in [-0.4, -0.2) is 18.6 Å². The smallest absolute Gasteiger partial charge is 0.338 e. The molecule has 2 amide bonds. The van der Waals surface area contributed by atoms with Crippen LogP contribution in [0, 0.1) is 12.8 Å². The fourth-order valence-electron chi connectivity index (χ4n) is 2.44. The van der Waals surface area contributed by atoms with Gasteiger partial charge >= 0.3 is 12.0 Å². The molecule has 1 atom stereocenters. The summed E-state index contributed by atoms with van der Waals surface area (Å²) in [6.07, 6.45) is 0.813. The van der Waals surface area contributed by atoms with E-state index in [2.05, 4.69) is 24.5 Å². The molecule has 0 aromatic heterocycles. The van der Waals surface area contributed by atoms with Gasteiger partial charge in [-0.05, 0) is 31.7 Å². The summed E-state index contributed by atoms with van der Waals surface area (Å²) < 4.78 is 5.39. The lowest BCUT2D eigenvalue weighted by Gasteiger charge is -2.28. The summed E-state index contributed by atoms with van der Waals surface area (Å²) in [4.78, 5) is 24.3. The zero-order chi connectivity index (χ0) is 17.0. The van der Waals surface area contributed by atoms with Crippen molar-refractivity contribution < 1.29 is 14.3 Å². The van der Waals surface area contributed by atoms with Gasteiger partial charge in [-0.1, -0.05) is 43.7 Å². The number of carbonyl (C=O) groups excluding carboxylic acids is 2. The highest BCUT2D eigenvalue weighted by Gasteiger charge is 2.32. The molecule has 1 unspecified atom stereocenters. The van der Waals surface area contributed by atoms with Gasteiger partial charge in [-0.25, -0.2) is 9.59 Å².